The van der Waals surface area contributed by atoms with E-state index in [-0.39, 0.29) is 23.7 Å². The van der Waals surface area contributed by atoms with Gasteiger partial charge in [0.05, 0.1) is 28.4 Å². The van der Waals surface area contributed by atoms with Crippen molar-refractivity contribution in [2.24, 2.45) is 5.10 Å². The fourth-order valence-electron chi connectivity index (χ4n) is 2.68. The molecule has 0 aliphatic rings. The topological polar surface area (TPSA) is 127 Å². The SMILES string of the molecule is CCOC(=O)c1ccccc1/C=N/Nc1nc2nonc2nc1Nc1ccc(Cl)c(Cl)c1. The smallest absolute Gasteiger partial charge is 0.338 e. The largest absolute Gasteiger partial charge is 0.462 e. The van der Waals surface area contributed by atoms with Crippen LogP contribution in [0.3, 0.4) is 0 Å². The molecule has 0 radical (unpaired) electrons. The third-order valence-corrected chi connectivity index (χ3v) is 4.87. The van der Waals surface area contributed by atoms with Crippen LogP contribution >= 0.6 is 23.2 Å². The van der Waals surface area contributed by atoms with Crippen LogP contribution in [-0.4, -0.2) is 39.1 Å². The minimum Gasteiger partial charge on any atom is -0.462 e. The third kappa shape index (κ3) is 4.76. The molecule has 0 fully saturated rings. The molecule has 0 aliphatic carbocycles. The summed E-state index contributed by atoms with van der Waals surface area (Å²) in [5, 5.41) is 15.5. The van der Waals surface area contributed by atoms with Gasteiger partial charge in [-0.2, -0.15) is 10.1 Å². The summed E-state index contributed by atoms with van der Waals surface area (Å²) in [6.45, 7) is 2.01. The van der Waals surface area contributed by atoms with Crippen molar-refractivity contribution >= 4 is 64.0 Å². The fraction of sp³-hybridized carbons (Fsp3) is 0.100. The molecule has 0 aliphatic heterocycles. The van der Waals surface area contributed by atoms with Crippen molar-refractivity contribution in [1.82, 2.24) is 20.3 Å². The van der Waals surface area contributed by atoms with Crippen molar-refractivity contribution in [3.63, 3.8) is 0 Å². The lowest BCUT2D eigenvalue weighted by Crippen LogP contribution is -2.08. The van der Waals surface area contributed by atoms with Crippen LogP contribution in [0.2, 0.25) is 10.0 Å². The highest BCUT2D eigenvalue weighted by atomic mass is 35.5. The number of hydrogen-bond donors (Lipinski definition) is 2. The summed E-state index contributed by atoms with van der Waals surface area (Å²) in [5.41, 5.74) is 4.76. The molecule has 2 N–H and O–H groups in total. The van der Waals surface area contributed by atoms with E-state index in [9.17, 15) is 4.79 Å². The first-order valence-corrected chi connectivity index (χ1v) is 10.1. The number of rotatable bonds is 7. The maximum absolute atomic E-state index is 12.1. The molecule has 0 atom stereocenters. The molecule has 2 heterocycles. The van der Waals surface area contributed by atoms with Gasteiger partial charge in [-0.05, 0) is 41.5 Å². The molecule has 10 nitrogen and oxygen atoms in total. The van der Waals surface area contributed by atoms with E-state index in [1.807, 2.05) is 0 Å². The molecular weight excluding hydrogens is 457 g/mol. The van der Waals surface area contributed by atoms with Crippen molar-refractivity contribution in [3.05, 3.63) is 63.6 Å². The molecule has 4 aromatic rings. The second kappa shape index (κ2) is 9.58. The Morgan fingerprint density at radius 2 is 1.84 bits per heavy atom. The monoisotopic (exact) mass is 471 g/mol. The number of carbonyl (C=O) groups excluding carboxylic acids is 1. The average Bonchev–Trinajstić information content (AvgIpc) is 3.24. The standard InChI is InChI=1S/C20H15Cl2N7O3/c1-2-31-20(30)13-6-4-3-5-11(13)10-23-27-17-16(25-18-19(26-17)29-32-28-18)24-12-7-8-14(21)15(22)9-12/h3-10H,2H2,1H3,(H,24,25,28)(H,26,27,29)/b23-10+. The molecule has 2 aromatic carbocycles. The minimum atomic E-state index is -0.439. The van der Waals surface area contributed by atoms with E-state index in [1.54, 1.807) is 49.4 Å². The quantitative estimate of drug-likeness (QED) is 0.224. The Hall–Kier alpha value is -3.76. The van der Waals surface area contributed by atoms with Gasteiger partial charge < -0.3 is 10.1 Å². The maximum Gasteiger partial charge on any atom is 0.338 e. The van der Waals surface area contributed by atoms with E-state index < -0.39 is 5.97 Å². The number of anilines is 3. The van der Waals surface area contributed by atoms with Gasteiger partial charge in [0.15, 0.2) is 11.6 Å². The second-order valence-corrected chi connectivity index (χ2v) is 7.08. The number of esters is 1. The number of aromatic nitrogens is 4. The number of hydrazone groups is 1. The molecule has 0 saturated heterocycles. The van der Waals surface area contributed by atoms with Crippen molar-refractivity contribution in [2.75, 3.05) is 17.3 Å². The summed E-state index contributed by atoms with van der Waals surface area (Å²) in [4.78, 5) is 20.8. The van der Waals surface area contributed by atoms with Crippen LogP contribution in [0.15, 0.2) is 52.2 Å². The summed E-state index contributed by atoms with van der Waals surface area (Å²) in [6, 6.07) is 11.9. The van der Waals surface area contributed by atoms with Gasteiger partial charge in [-0.25, -0.2) is 14.4 Å². The summed E-state index contributed by atoms with van der Waals surface area (Å²) < 4.78 is 9.77. The first-order valence-electron chi connectivity index (χ1n) is 9.32. The Morgan fingerprint density at radius 3 is 2.59 bits per heavy atom. The van der Waals surface area contributed by atoms with Gasteiger partial charge in [-0.1, -0.05) is 41.4 Å². The van der Waals surface area contributed by atoms with Crippen LogP contribution in [0.1, 0.15) is 22.8 Å². The molecule has 0 amide bonds. The number of carbonyl (C=O) groups is 1. The molecule has 0 bridgehead atoms. The van der Waals surface area contributed by atoms with Gasteiger partial charge in [-0.3, -0.25) is 5.43 Å². The van der Waals surface area contributed by atoms with Crippen LogP contribution in [0.25, 0.3) is 11.3 Å². The van der Waals surface area contributed by atoms with Crippen LogP contribution < -0.4 is 10.7 Å². The van der Waals surface area contributed by atoms with E-state index >= 15 is 0 Å². The van der Waals surface area contributed by atoms with Gasteiger partial charge in [0.2, 0.25) is 11.3 Å². The second-order valence-electron chi connectivity index (χ2n) is 6.26. The number of nitrogens with one attached hydrogen (secondary N) is 2. The first kappa shape index (κ1) is 21.5. The fourth-order valence-corrected chi connectivity index (χ4v) is 2.98. The Bertz CT molecular complexity index is 1310. The highest BCUT2D eigenvalue weighted by molar-refractivity contribution is 6.42. The van der Waals surface area contributed by atoms with Crippen molar-refractivity contribution < 1.29 is 14.2 Å². The average molecular weight is 472 g/mol. The molecule has 162 valence electrons. The highest BCUT2D eigenvalue weighted by Gasteiger charge is 2.14. The van der Waals surface area contributed by atoms with Crippen LogP contribution in [0.4, 0.5) is 17.3 Å². The molecule has 0 unspecified atom stereocenters. The number of nitrogens with zero attached hydrogens (tertiary/aromatic N) is 5. The normalized spacial score (nSPS) is 11.1. The Balaban J connectivity index is 1.62. The van der Waals surface area contributed by atoms with E-state index in [0.29, 0.717) is 32.7 Å². The van der Waals surface area contributed by atoms with Crippen LogP contribution in [-0.2, 0) is 4.74 Å². The molecule has 0 saturated carbocycles. The number of ether oxygens (including phenoxy) is 1. The predicted octanol–water partition coefficient (Wildman–Crippen LogP) is 4.69. The number of halogens is 2. The van der Waals surface area contributed by atoms with Gasteiger partial charge in [0, 0.05) is 11.3 Å². The molecule has 32 heavy (non-hydrogen) atoms. The lowest BCUT2D eigenvalue weighted by Gasteiger charge is -2.10. The lowest BCUT2D eigenvalue weighted by molar-refractivity contribution is 0.0526. The van der Waals surface area contributed by atoms with Crippen molar-refractivity contribution in [1.29, 1.82) is 0 Å². The van der Waals surface area contributed by atoms with Gasteiger partial charge in [0.1, 0.15) is 0 Å². The minimum absolute atomic E-state index is 0.189. The van der Waals surface area contributed by atoms with Crippen LogP contribution in [0, 0.1) is 0 Å². The molecular formula is C20H15Cl2N7O3. The van der Waals surface area contributed by atoms with E-state index in [4.69, 9.17) is 27.9 Å². The number of hydrogen-bond acceptors (Lipinski definition) is 10. The highest BCUT2D eigenvalue weighted by Crippen LogP contribution is 2.29. The summed E-state index contributed by atoms with van der Waals surface area (Å²) in [6.07, 6.45) is 1.47. The molecule has 0 spiro atoms. The maximum atomic E-state index is 12.1. The number of fused-ring (bicyclic) bond motifs is 1. The van der Waals surface area contributed by atoms with Crippen LogP contribution in [0.5, 0.6) is 0 Å². The Labute approximate surface area is 191 Å². The summed E-state index contributed by atoms with van der Waals surface area (Å²) in [7, 11) is 0. The van der Waals surface area contributed by atoms with Gasteiger partial charge in [-0.15, -0.1) is 0 Å². The molecule has 4 rings (SSSR count). The molecule has 12 heteroatoms. The molecule has 2 aromatic heterocycles. The number of benzene rings is 2. The first-order chi connectivity index (χ1) is 15.5. The summed E-state index contributed by atoms with van der Waals surface area (Å²) >= 11 is 12.1. The van der Waals surface area contributed by atoms with Gasteiger partial charge >= 0.3 is 5.97 Å². The summed E-state index contributed by atoms with van der Waals surface area (Å²) in [5.74, 6) is 0.0953. The Kier molecular flexibility index (Phi) is 6.43. The zero-order chi connectivity index (χ0) is 22.5. The Morgan fingerprint density at radius 1 is 1.09 bits per heavy atom. The van der Waals surface area contributed by atoms with Crippen molar-refractivity contribution in [3.8, 4) is 0 Å². The lowest BCUT2D eigenvalue weighted by atomic mass is 10.1. The predicted molar refractivity (Wildman–Crippen MR) is 121 cm³/mol. The zero-order valence-electron chi connectivity index (χ0n) is 16.5. The zero-order valence-corrected chi connectivity index (χ0v) is 18.1. The van der Waals surface area contributed by atoms with E-state index in [1.165, 1.54) is 6.21 Å². The van der Waals surface area contributed by atoms with Gasteiger partial charge in [0.25, 0.3) is 0 Å². The van der Waals surface area contributed by atoms with E-state index in [2.05, 4.69) is 40.8 Å². The third-order valence-electron chi connectivity index (χ3n) is 4.13. The van der Waals surface area contributed by atoms with E-state index in [0.717, 1.165) is 0 Å². The van der Waals surface area contributed by atoms with Crippen molar-refractivity contribution in [2.45, 2.75) is 6.92 Å².